The molecule has 2 N–H and O–H groups in total. The Kier molecular flexibility index (Phi) is 5.02. The zero-order chi connectivity index (χ0) is 17.8. The van der Waals surface area contributed by atoms with E-state index in [2.05, 4.69) is 20.9 Å². The molecule has 0 aliphatic carbocycles. The van der Waals surface area contributed by atoms with Gasteiger partial charge >= 0.3 is 6.03 Å². The summed E-state index contributed by atoms with van der Waals surface area (Å²) in [5.41, 5.74) is 3.84. The third kappa shape index (κ3) is 3.81. The van der Waals surface area contributed by atoms with Gasteiger partial charge < -0.3 is 10.2 Å². The van der Waals surface area contributed by atoms with E-state index in [9.17, 15) is 4.79 Å². The van der Waals surface area contributed by atoms with Gasteiger partial charge in [0, 0.05) is 24.6 Å². The number of urea groups is 1. The molecular weight excluding hydrogens is 318 g/mol. The first kappa shape index (κ1) is 17.0. The Hall–Kier alpha value is -2.83. The first-order chi connectivity index (χ1) is 12.1. The SMILES string of the molecule is CCC1=NOC(CNC(=O)Nc2c(C)c(-c3ccccc3)nn2C)C1. The van der Waals surface area contributed by atoms with Crippen LogP contribution in [0, 0.1) is 6.92 Å². The highest BCUT2D eigenvalue weighted by Crippen LogP contribution is 2.27. The largest absolute Gasteiger partial charge is 0.390 e. The Labute approximate surface area is 147 Å². The fraction of sp³-hybridized carbons (Fsp3) is 0.389. The Morgan fingerprint density at radius 1 is 1.36 bits per heavy atom. The molecular formula is C18H23N5O2. The quantitative estimate of drug-likeness (QED) is 0.877. The first-order valence-corrected chi connectivity index (χ1v) is 8.44. The summed E-state index contributed by atoms with van der Waals surface area (Å²) in [7, 11) is 1.82. The van der Waals surface area contributed by atoms with Gasteiger partial charge in [-0.3, -0.25) is 10.00 Å². The van der Waals surface area contributed by atoms with Gasteiger partial charge in [0.1, 0.15) is 11.9 Å². The average Bonchev–Trinajstić information content (AvgIpc) is 3.20. The second-order valence-corrected chi connectivity index (χ2v) is 6.09. The van der Waals surface area contributed by atoms with Crippen LogP contribution in [-0.2, 0) is 11.9 Å². The molecule has 2 aromatic rings. The van der Waals surface area contributed by atoms with Gasteiger partial charge in [0.05, 0.1) is 18.0 Å². The monoisotopic (exact) mass is 341 g/mol. The van der Waals surface area contributed by atoms with Gasteiger partial charge in [-0.15, -0.1) is 0 Å². The van der Waals surface area contributed by atoms with E-state index in [-0.39, 0.29) is 12.1 Å². The molecule has 25 heavy (non-hydrogen) atoms. The molecule has 1 unspecified atom stereocenters. The molecule has 0 saturated carbocycles. The van der Waals surface area contributed by atoms with Crippen LogP contribution in [0.1, 0.15) is 25.3 Å². The number of aryl methyl sites for hydroxylation is 1. The number of hydrogen-bond donors (Lipinski definition) is 2. The molecule has 0 bridgehead atoms. The summed E-state index contributed by atoms with van der Waals surface area (Å²) in [4.78, 5) is 17.5. The van der Waals surface area contributed by atoms with Crippen molar-refractivity contribution in [3.8, 4) is 11.3 Å². The van der Waals surface area contributed by atoms with Crippen molar-refractivity contribution in [3.05, 3.63) is 35.9 Å². The molecule has 132 valence electrons. The lowest BCUT2D eigenvalue weighted by Gasteiger charge is -2.11. The van der Waals surface area contributed by atoms with Crippen molar-refractivity contribution < 1.29 is 9.63 Å². The maximum Gasteiger partial charge on any atom is 0.320 e. The summed E-state index contributed by atoms with van der Waals surface area (Å²) < 4.78 is 1.68. The van der Waals surface area contributed by atoms with Gasteiger partial charge in [-0.25, -0.2) is 4.79 Å². The fourth-order valence-electron chi connectivity index (χ4n) is 2.84. The van der Waals surface area contributed by atoms with E-state index in [1.54, 1.807) is 4.68 Å². The molecule has 1 aliphatic rings. The lowest BCUT2D eigenvalue weighted by molar-refractivity contribution is 0.0869. The zero-order valence-electron chi connectivity index (χ0n) is 14.7. The minimum absolute atomic E-state index is 0.0896. The van der Waals surface area contributed by atoms with Crippen LogP contribution in [0.2, 0.25) is 0 Å². The summed E-state index contributed by atoms with van der Waals surface area (Å²) in [5.74, 6) is 0.675. The van der Waals surface area contributed by atoms with Gasteiger partial charge in [0.2, 0.25) is 0 Å². The van der Waals surface area contributed by atoms with E-state index in [1.807, 2.05) is 51.2 Å². The van der Waals surface area contributed by atoms with E-state index >= 15 is 0 Å². The Morgan fingerprint density at radius 2 is 2.12 bits per heavy atom. The predicted octanol–water partition coefficient (Wildman–Crippen LogP) is 3.07. The Bertz CT molecular complexity index is 782. The molecule has 0 radical (unpaired) electrons. The number of anilines is 1. The molecule has 1 aromatic carbocycles. The number of rotatable bonds is 5. The summed E-state index contributed by atoms with van der Waals surface area (Å²) in [5, 5.41) is 14.2. The molecule has 0 fully saturated rings. The molecule has 0 saturated heterocycles. The molecule has 1 atom stereocenters. The van der Waals surface area contributed by atoms with E-state index in [1.165, 1.54) is 0 Å². The number of nitrogens with one attached hydrogen (secondary N) is 2. The maximum absolute atomic E-state index is 12.2. The highest BCUT2D eigenvalue weighted by atomic mass is 16.6. The molecule has 7 nitrogen and oxygen atoms in total. The number of oxime groups is 1. The van der Waals surface area contributed by atoms with Crippen molar-refractivity contribution in [2.24, 2.45) is 12.2 Å². The van der Waals surface area contributed by atoms with E-state index in [4.69, 9.17) is 4.84 Å². The molecule has 1 aromatic heterocycles. The maximum atomic E-state index is 12.2. The van der Waals surface area contributed by atoms with Crippen LogP contribution in [-0.4, -0.2) is 34.2 Å². The summed E-state index contributed by atoms with van der Waals surface area (Å²) in [6.45, 7) is 4.41. The second kappa shape index (κ2) is 7.38. The summed E-state index contributed by atoms with van der Waals surface area (Å²) in [6.07, 6.45) is 1.55. The van der Waals surface area contributed by atoms with Gasteiger partial charge in [-0.05, 0) is 13.3 Å². The first-order valence-electron chi connectivity index (χ1n) is 8.44. The van der Waals surface area contributed by atoms with Crippen molar-refractivity contribution in [2.75, 3.05) is 11.9 Å². The minimum Gasteiger partial charge on any atom is -0.390 e. The third-order valence-electron chi connectivity index (χ3n) is 4.26. The normalized spacial score (nSPS) is 16.3. The van der Waals surface area contributed by atoms with Crippen LogP contribution in [0.15, 0.2) is 35.5 Å². The Morgan fingerprint density at radius 3 is 2.80 bits per heavy atom. The number of benzene rings is 1. The van der Waals surface area contributed by atoms with Crippen LogP contribution >= 0.6 is 0 Å². The molecule has 2 amide bonds. The number of amides is 2. The summed E-state index contributed by atoms with van der Waals surface area (Å²) in [6, 6.07) is 9.63. The van der Waals surface area contributed by atoms with E-state index in [0.717, 1.165) is 35.4 Å². The average molecular weight is 341 g/mol. The predicted molar refractivity (Wildman–Crippen MR) is 97.6 cm³/mol. The number of carbonyl (C=O) groups is 1. The van der Waals surface area contributed by atoms with Crippen molar-refractivity contribution >= 4 is 17.6 Å². The molecule has 2 heterocycles. The smallest absolute Gasteiger partial charge is 0.320 e. The van der Waals surface area contributed by atoms with Gasteiger partial charge in [0.15, 0.2) is 0 Å². The molecule has 7 heteroatoms. The lowest BCUT2D eigenvalue weighted by atomic mass is 10.1. The summed E-state index contributed by atoms with van der Waals surface area (Å²) >= 11 is 0. The lowest BCUT2D eigenvalue weighted by Crippen LogP contribution is -2.36. The molecule has 0 spiro atoms. The molecule has 1 aliphatic heterocycles. The highest BCUT2D eigenvalue weighted by Gasteiger charge is 2.21. The number of nitrogens with zero attached hydrogens (tertiary/aromatic N) is 3. The Balaban J connectivity index is 1.61. The van der Waals surface area contributed by atoms with E-state index < -0.39 is 0 Å². The van der Waals surface area contributed by atoms with Crippen molar-refractivity contribution in [1.82, 2.24) is 15.1 Å². The number of carbonyl (C=O) groups excluding carboxylic acids is 1. The van der Waals surface area contributed by atoms with Gasteiger partial charge in [-0.2, -0.15) is 5.10 Å². The third-order valence-corrected chi connectivity index (χ3v) is 4.26. The number of hydrogen-bond acceptors (Lipinski definition) is 4. The van der Waals surface area contributed by atoms with Gasteiger partial charge in [-0.1, -0.05) is 42.4 Å². The zero-order valence-corrected chi connectivity index (χ0v) is 14.7. The van der Waals surface area contributed by atoms with Gasteiger partial charge in [0.25, 0.3) is 0 Å². The van der Waals surface area contributed by atoms with E-state index in [0.29, 0.717) is 12.4 Å². The van der Waals surface area contributed by atoms with Crippen molar-refractivity contribution in [2.45, 2.75) is 32.8 Å². The number of aromatic nitrogens is 2. The highest BCUT2D eigenvalue weighted by molar-refractivity contribution is 5.90. The standard InChI is InChI=1S/C18H23N5O2/c1-4-14-10-15(25-22-14)11-19-18(24)20-17-12(2)16(21-23(17)3)13-8-6-5-7-9-13/h5-9,15H,4,10-11H2,1-3H3,(H2,19,20,24). The fourth-order valence-corrected chi connectivity index (χ4v) is 2.84. The van der Waals surface area contributed by atoms with Crippen molar-refractivity contribution in [3.63, 3.8) is 0 Å². The van der Waals surface area contributed by atoms with Crippen LogP contribution in [0.5, 0.6) is 0 Å². The molecule has 3 rings (SSSR count). The minimum atomic E-state index is -0.278. The van der Waals surface area contributed by atoms with Crippen LogP contribution in [0.4, 0.5) is 10.6 Å². The van der Waals surface area contributed by atoms with Crippen LogP contribution < -0.4 is 10.6 Å². The van der Waals surface area contributed by atoms with Crippen LogP contribution in [0.3, 0.4) is 0 Å². The van der Waals surface area contributed by atoms with Crippen LogP contribution in [0.25, 0.3) is 11.3 Å². The van der Waals surface area contributed by atoms with Crippen molar-refractivity contribution in [1.29, 1.82) is 0 Å². The topological polar surface area (TPSA) is 80.5 Å². The second-order valence-electron chi connectivity index (χ2n) is 6.09.